The predicted octanol–water partition coefficient (Wildman–Crippen LogP) is 2.82. The molecule has 0 N–H and O–H groups in total. The van der Waals surface area contributed by atoms with Crippen LogP contribution in [0.2, 0.25) is 44.4 Å². The number of rotatable bonds is 9. The molecule has 0 bridgehead atoms. The number of allylic oxidation sites excluding steroid dienone is 1. The van der Waals surface area contributed by atoms with E-state index in [4.69, 9.17) is 8.23 Å². The van der Waals surface area contributed by atoms with Gasteiger partial charge in [-0.25, -0.2) is 0 Å². The van der Waals surface area contributed by atoms with Gasteiger partial charge in [0, 0.05) is 0 Å². The lowest BCUT2D eigenvalue weighted by molar-refractivity contribution is 0.574. The highest BCUT2D eigenvalue weighted by Crippen LogP contribution is 2.15. The Labute approximate surface area is 121 Å². The fourth-order valence-electron chi connectivity index (χ4n) is 1.42. The van der Waals surface area contributed by atoms with E-state index in [-0.39, 0.29) is 9.76 Å². The zero-order valence-electron chi connectivity index (χ0n) is 13.4. The fourth-order valence-corrected chi connectivity index (χ4v) is 12.5. The minimum absolute atomic E-state index is 0.362. The lowest BCUT2D eigenvalue weighted by atomic mass is 10.1. The van der Waals surface area contributed by atoms with Gasteiger partial charge in [-0.1, -0.05) is 26.0 Å². The van der Waals surface area contributed by atoms with E-state index >= 15 is 0 Å². The molecule has 0 aromatic carbocycles. The minimum atomic E-state index is -1.43. The van der Waals surface area contributed by atoms with E-state index in [9.17, 15) is 0 Å². The summed E-state index contributed by atoms with van der Waals surface area (Å²) in [5.74, 6) is 0.607. The molecule has 0 unspecified atom stereocenters. The van der Waals surface area contributed by atoms with Crippen LogP contribution in [0.3, 0.4) is 0 Å². The van der Waals surface area contributed by atoms with Crippen molar-refractivity contribution in [3.63, 3.8) is 0 Å². The zero-order chi connectivity index (χ0) is 14.4. The molecule has 0 heterocycles. The highest BCUT2D eigenvalue weighted by atomic mass is 28.4. The molecule has 2 nitrogen and oxygen atoms in total. The molecule has 0 aromatic rings. The maximum absolute atomic E-state index is 6.25. The molecule has 0 saturated heterocycles. The van der Waals surface area contributed by atoms with Crippen molar-refractivity contribution in [1.82, 2.24) is 0 Å². The Hall–Kier alpha value is 0.528. The highest BCUT2D eigenvalue weighted by Gasteiger charge is 2.24. The Bertz CT molecular complexity index is 259. The molecule has 0 radical (unpaired) electrons. The van der Waals surface area contributed by atoms with Crippen molar-refractivity contribution in [1.29, 1.82) is 0 Å². The number of hydrogen-bond acceptors (Lipinski definition) is 2. The lowest BCUT2D eigenvalue weighted by Gasteiger charge is -2.26. The summed E-state index contributed by atoms with van der Waals surface area (Å²) in [5.41, 5.74) is 2.63. The van der Waals surface area contributed by atoms with Gasteiger partial charge in [-0.2, -0.15) is 0 Å². The summed E-state index contributed by atoms with van der Waals surface area (Å²) in [7, 11) is -3.49. The fraction of sp³-hybridized carbons (Fsp3) is 0.833. The first kappa shape index (κ1) is 18.5. The van der Waals surface area contributed by atoms with Gasteiger partial charge < -0.3 is 8.23 Å². The van der Waals surface area contributed by atoms with E-state index in [1.807, 2.05) is 0 Å². The van der Waals surface area contributed by atoms with Crippen molar-refractivity contribution in [2.45, 2.75) is 58.3 Å². The third kappa shape index (κ3) is 10.5. The molecular formula is C12H32O2Si4. The van der Waals surface area contributed by atoms with Gasteiger partial charge in [-0.15, -0.1) is 0 Å². The Balaban J connectivity index is 3.83. The predicted molar refractivity (Wildman–Crippen MR) is 93.7 cm³/mol. The van der Waals surface area contributed by atoms with Crippen LogP contribution in [0.5, 0.6) is 0 Å². The second-order valence-electron chi connectivity index (χ2n) is 6.88. The average Bonchev–Trinajstić information content (AvgIpc) is 2.14. The molecule has 0 aliphatic carbocycles. The number of hydrogen-bond donors (Lipinski definition) is 0. The van der Waals surface area contributed by atoms with E-state index < -0.39 is 26.4 Å². The SMILES string of the molecule is C=C(C[SiH2]O[Si](C)(C)C[SiH2]O[Si](C)(C)C)C(C)C. The van der Waals surface area contributed by atoms with E-state index in [0.717, 1.165) is 6.04 Å². The maximum atomic E-state index is 6.25. The van der Waals surface area contributed by atoms with Gasteiger partial charge in [0.1, 0.15) is 9.76 Å². The molecule has 18 heavy (non-hydrogen) atoms. The summed E-state index contributed by atoms with van der Waals surface area (Å²) in [5, 5.41) is 0. The van der Waals surface area contributed by atoms with Crippen LogP contribution in [0.1, 0.15) is 13.8 Å². The average molecular weight is 321 g/mol. The van der Waals surface area contributed by atoms with Crippen molar-refractivity contribution in [2.24, 2.45) is 5.92 Å². The largest absolute Gasteiger partial charge is 0.461 e. The molecule has 0 saturated carbocycles. The normalized spacial score (nSPS) is 14.4. The van der Waals surface area contributed by atoms with Gasteiger partial charge in [0.25, 0.3) is 0 Å². The van der Waals surface area contributed by atoms with E-state index in [2.05, 4.69) is 53.2 Å². The van der Waals surface area contributed by atoms with Gasteiger partial charge in [0.15, 0.2) is 26.4 Å². The van der Waals surface area contributed by atoms with E-state index in [1.54, 1.807) is 0 Å². The molecule has 6 heteroatoms. The van der Waals surface area contributed by atoms with Crippen molar-refractivity contribution < 1.29 is 8.23 Å². The first-order valence-corrected chi connectivity index (χ1v) is 16.7. The zero-order valence-corrected chi connectivity index (χ0v) is 18.3. The minimum Gasteiger partial charge on any atom is -0.461 e. The first-order chi connectivity index (χ1) is 8.03. The Morgan fingerprint density at radius 1 is 1.06 bits per heavy atom. The van der Waals surface area contributed by atoms with Crippen LogP contribution in [0.15, 0.2) is 12.2 Å². The quantitative estimate of drug-likeness (QED) is 0.480. The molecule has 0 fully saturated rings. The van der Waals surface area contributed by atoms with Gasteiger partial charge in [-0.05, 0) is 50.4 Å². The van der Waals surface area contributed by atoms with Crippen LogP contribution in [-0.2, 0) is 8.23 Å². The standard InChI is InChI=1S/C12H32O2Si4/c1-11(2)12(3)9-15-14-18(7,8)10-16-13-17(4,5)6/h11H,3,9-10,15-16H2,1-2,4-8H3. The van der Waals surface area contributed by atoms with Gasteiger partial charge >= 0.3 is 0 Å². The van der Waals surface area contributed by atoms with Crippen LogP contribution < -0.4 is 0 Å². The van der Waals surface area contributed by atoms with Crippen molar-refractivity contribution in [2.75, 3.05) is 0 Å². The molecular weight excluding hydrogens is 288 g/mol. The highest BCUT2D eigenvalue weighted by molar-refractivity contribution is 6.83. The summed E-state index contributed by atoms with van der Waals surface area (Å²) in [6.45, 7) is 20.1. The molecule has 0 aliphatic heterocycles. The van der Waals surface area contributed by atoms with Crippen LogP contribution in [0.25, 0.3) is 0 Å². The van der Waals surface area contributed by atoms with Gasteiger partial charge in [0.05, 0.1) is 0 Å². The van der Waals surface area contributed by atoms with E-state index in [1.165, 1.54) is 11.2 Å². The molecule has 0 aromatic heterocycles. The van der Waals surface area contributed by atoms with Crippen LogP contribution in [-0.4, -0.2) is 36.2 Å². The third-order valence-electron chi connectivity index (χ3n) is 2.97. The summed E-state index contributed by atoms with van der Waals surface area (Å²) >= 11 is 0. The second kappa shape index (κ2) is 7.96. The van der Waals surface area contributed by atoms with Crippen LogP contribution >= 0.6 is 0 Å². The molecule has 0 aliphatic rings. The summed E-state index contributed by atoms with van der Waals surface area (Å²) in [4.78, 5) is 0. The Morgan fingerprint density at radius 3 is 2.06 bits per heavy atom. The van der Waals surface area contributed by atoms with Crippen molar-refractivity contribution in [3.05, 3.63) is 12.2 Å². The molecule has 0 rings (SSSR count). The first-order valence-electron chi connectivity index (χ1n) is 6.99. The van der Waals surface area contributed by atoms with Crippen molar-refractivity contribution >= 4 is 36.2 Å². The third-order valence-corrected chi connectivity index (χ3v) is 17.7. The van der Waals surface area contributed by atoms with E-state index in [0.29, 0.717) is 5.92 Å². The van der Waals surface area contributed by atoms with Crippen LogP contribution in [0.4, 0.5) is 0 Å². The Morgan fingerprint density at radius 2 is 1.61 bits per heavy atom. The lowest BCUT2D eigenvalue weighted by Crippen LogP contribution is -2.37. The maximum Gasteiger partial charge on any atom is 0.171 e. The topological polar surface area (TPSA) is 18.5 Å². The molecule has 108 valence electrons. The summed E-state index contributed by atoms with van der Waals surface area (Å²) in [6, 6.07) is 1.14. The van der Waals surface area contributed by atoms with Gasteiger partial charge in [-0.3, -0.25) is 0 Å². The monoisotopic (exact) mass is 320 g/mol. The summed E-state index contributed by atoms with van der Waals surface area (Å²) < 4.78 is 12.3. The molecule has 0 spiro atoms. The smallest absolute Gasteiger partial charge is 0.171 e. The van der Waals surface area contributed by atoms with Crippen molar-refractivity contribution in [3.8, 4) is 0 Å². The second-order valence-corrected chi connectivity index (χ2v) is 20.3. The summed E-state index contributed by atoms with van der Waals surface area (Å²) in [6.07, 6.45) is 0. The van der Waals surface area contributed by atoms with Gasteiger partial charge in [0.2, 0.25) is 0 Å². The molecule has 0 amide bonds. The van der Waals surface area contributed by atoms with Crippen LogP contribution in [0, 0.1) is 5.92 Å². The Kier molecular flexibility index (Phi) is 8.19. The molecule has 0 atom stereocenters.